The maximum Gasteiger partial charge on any atom is 0.122 e. The lowest BCUT2D eigenvalue weighted by molar-refractivity contribution is 0.352. The first kappa shape index (κ1) is 12.0. The van der Waals surface area contributed by atoms with Gasteiger partial charge >= 0.3 is 0 Å². The van der Waals surface area contributed by atoms with Crippen LogP contribution in [-0.4, -0.2) is 19.7 Å². The molecule has 1 N–H and O–H groups in total. The first-order valence-electron chi connectivity index (χ1n) is 7.22. The van der Waals surface area contributed by atoms with Crippen LogP contribution in [0.15, 0.2) is 24.3 Å². The molecule has 1 aromatic carbocycles. The van der Waals surface area contributed by atoms with E-state index >= 15 is 0 Å². The van der Waals surface area contributed by atoms with Crippen molar-refractivity contribution in [2.75, 3.05) is 13.7 Å². The highest BCUT2D eigenvalue weighted by molar-refractivity contribution is 5.33. The molecule has 0 radical (unpaired) electrons. The van der Waals surface area contributed by atoms with Crippen LogP contribution in [0.2, 0.25) is 0 Å². The molecule has 0 saturated heterocycles. The fourth-order valence-electron chi connectivity index (χ4n) is 3.80. The Balaban J connectivity index is 1.50. The summed E-state index contributed by atoms with van der Waals surface area (Å²) < 4.78 is 5.39. The molecule has 2 saturated carbocycles. The zero-order valence-electron chi connectivity index (χ0n) is 11.2. The minimum atomic E-state index is 0.790. The van der Waals surface area contributed by atoms with Crippen LogP contribution in [0, 0.1) is 11.8 Å². The monoisotopic (exact) mass is 245 g/mol. The molecule has 2 heteroatoms. The van der Waals surface area contributed by atoms with Crippen molar-refractivity contribution in [3.8, 4) is 5.75 Å². The Morgan fingerprint density at radius 1 is 1.22 bits per heavy atom. The Hall–Kier alpha value is -1.02. The number of methoxy groups -OCH3 is 1. The molecular formula is C16H23NO. The molecule has 2 nitrogen and oxygen atoms in total. The third-order valence-corrected chi connectivity index (χ3v) is 4.73. The van der Waals surface area contributed by atoms with Crippen molar-refractivity contribution in [3.63, 3.8) is 0 Å². The van der Waals surface area contributed by atoms with Crippen LogP contribution >= 0.6 is 0 Å². The van der Waals surface area contributed by atoms with E-state index < -0.39 is 0 Å². The summed E-state index contributed by atoms with van der Waals surface area (Å²) in [5.74, 6) is 3.01. The van der Waals surface area contributed by atoms with Gasteiger partial charge in [0.1, 0.15) is 5.75 Å². The number of nitrogens with one attached hydrogen (secondary N) is 1. The summed E-state index contributed by atoms with van der Waals surface area (Å²) in [6.07, 6.45) is 6.90. The van der Waals surface area contributed by atoms with Crippen LogP contribution < -0.4 is 10.1 Å². The second kappa shape index (κ2) is 5.31. The van der Waals surface area contributed by atoms with Crippen molar-refractivity contribution in [3.05, 3.63) is 29.8 Å². The number of rotatable bonds is 5. The van der Waals surface area contributed by atoms with E-state index in [1.165, 1.54) is 31.2 Å². The van der Waals surface area contributed by atoms with Gasteiger partial charge in [0.05, 0.1) is 7.11 Å². The van der Waals surface area contributed by atoms with E-state index in [1.807, 2.05) is 12.1 Å². The molecule has 0 spiro atoms. The lowest BCUT2D eigenvalue weighted by atomic mass is 9.95. The standard InChI is InChI=1S/C16H23NO/c1-18-16-5-3-2-4-13(16)8-9-17-15-11-12-6-7-14(15)10-12/h2-5,12,14-15,17H,6-11H2,1H3. The fourth-order valence-corrected chi connectivity index (χ4v) is 3.80. The molecule has 0 amide bonds. The Kier molecular flexibility index (Phi) is 3.55. The van der Waals surface area contributed by atoms with Gasteiger partial charge in [-0.15, -0.1) is 0 Å². The summed E-state index contributed by atoms with van der Waals surface area (Å²) in [6, 6.07) is 9.13. The van der Waals surface area contributed by atoms with Gasteiger partial charge in [0.15, 0.2) is 0 Å². The first-order chi connectivity index (χ1) is 8.86. The van der Waals surface area contributed by atoms with Crippen molar-refractivity contribution < 1.29 is 4.74 Å². The minimum Gasteiger partial charge on any atom is -0.496 e. The molecule has 3 unspecified atom stereocenters. The minimum absolute atomic E-state index is 0.790. The van der Waals surface area contributed by atoms with Gasteiger partial charge in [0.2, 0.25) is 0 Å². The molecule has 0 heterocycles. The van der Waals surface area contributed by atoms with Gasteiger partial charge in [-0.1, -0.05) is 24.6 Å². The molecule has 18 heavy (non-hydrogen) atoms. The molecule has 2 bridgehead atoms. The summed E-state index contributed by atoms with van der Waals surface area (Å²) in [4.78, 5) is 0. The van der Waals surface area contributed by atoms with E-state index in [0.29, 0.717) is 0 Å². The van der Waals surface area contributed by atoms with Gasteiger partial charge in [-0.2, -0.15) is 0 Å². The number of hydrogen-bond acceptors (Lipinski definition) is 2. The van der Waals surface area contributed by atoms with Gasteiger partial charge in [0.25, 0.3) is 0 Å². The highest BCUT2D eigenvalue weighted by Gasteiger charge is 2.38. The van der Waals surface area contributed by atoms with Crippen molar-refractivity contribution in [1.82, 2.24) is 5.32 Å². The van der Waals surface area contributed by atoms with E-state index in [-0.39, 0.29) is 0 Å². The topological polar surface area (TPSA) is 21.3 Å². The van der Waals surface area contributed by atoms with Crippen LogP contribution in [0.1, 0.15) is 31.2 Å². The maximum absolute atomic E-state index is 5.39. The third-order valence-electron chi connectivity index (χ3n) is 4.73. The van der Waals surface area contributed by atoms with E-state index in [2.05, 4.69) is 17.4 Å². The van der Waals surface area contributed by atoms with E-state index in [4.69, 9.17) is 4.74 Å². The number of para-hydroxylation sites is 1. The molecule has 0 aromatic heterocycles. The zero-order valence-corrected chi connectivity index (χ0v) is 11.2. The number of hydrogen-bond donors (Lipinski definition) is 1. The normalized spacial score (nSPS) is 29.7. The highest BCUT2D eigenvalue weighted by Crippen LogP contribution is 2.44. The molecular weight excluding hydrogens is 222 g/mol. The molecule has 98 valence electrons. The molecule has 2 aliphatic carbocycles. The van der Waals surface area contributed by atoms with Crippen molar-refractivity contribution in [1.29, 1.82) is 0 Å². The van der Waals surface area contributed by atoms with E-state index in [9.17, 15) is 0 Å². The summed E-state index contributed by atoms with van der Waals surface area (Å²) in [6.45, 7) is 1.08. The van der Waals surface area contributed by atoms with Crippen molar-refractivity contribution >= 4 is 0 Å². The summed E-state index contributed by atoms with van der Waals surface area (Å²) in [5, 5.41) is 3.76. The van der Waals surface area contributed by atoms with Crippen LogP contribution in [0.5, 0.6) is 5.75 Å². The average Bonchev–Trinajstić information content (AvgIpc) is 3.02. The molecule has 2 aliphatic rings. The lowest BCUT2D eigenvalue weighted by Gasteiger charge is -2.23. The molecule has 2 fully saturated rings. The number of ether oxygens (including phenoxy) is 1. The first-order valence-corrected chi connectivity index (χ1v) is 7.22. The van der Waals surface area contributed by atoms with Gasteiger partial charge < -0.3 is 10.1 Å². The highest BCUT2D eigenvalue weighted by atomic mass is 16.5. The fraction of sp³-hybridized carbons (Fsp3) is 0.625. The van der Waals surface area contributed by atoms with Crippen molar-refractivity contribution in [2.45, 2.75) is 38.1 Å². The maximum atomic E-state index is 5.39. The van der Waals surface area contributed by atoms with Crippen LogP contribution in [-0.2, 0) is 6.42 Å². The van der Waals surface area contributed by atoms with E-state index in [1.54, 1.807) is 7.11 Å². The van der Waals surface area contributed by atoms with Crippen LogP contribution in [0.4, 0.5) is 0 Å². The third kappa shape index (κ3) is 2.39. The summed E-state index contributed by atoms with van der Waals surface area (Å²) in [7, 11) is 1.75. The number of fused-ring (bicyclic) bond motifs is 2. The van der Waals surface area contributed by atoms with Gasteiger partial charge in [-0.25, -0.2) is 0 Å². The molecule has 1 aromatic rings. The second-order valence-corrected chi connectivity index (χ2v) is 5.80. The quantitative estimate of drug-likeness (QED) is 0.861. The molecule has 3 rings (SSSR count). The summed E-state index contributed by atoms with van der Waals surface area (Å²) in [5.41, 5.74) is 1.32. The van der Waals surface area contributed by atoms with E-state index in [0.717, 1.165) is 36.6 Å². The van der Waals surface area contributed by atoms with Gasteiger partial charge in [0, 0.05) is 6.04 Å². The predicted molar refractivity (Wildman–Crippen MR) is 73.9 cm³/mol. The summed E-state index contributed by atoms with van der Waals surface area (Å²) >= 11 is 0. The smallest absolute Gasteiger partial charge is 0.122 e. The zero-order chi connectivity index (χ0) is 12.4. The Bertz CT molecular complexity index is 404. The van der Waals surface area contributed by atoms with Crippen molar-refractivity contribution in [2.24, 2.45) is 11.8 Å². The number of benzene rings is 1. The second-order valence-electron chi connectivity index (χ2n) is 5.80. The van der Waals surface area contributed by atoms with Crippen LogP contribution in [0.25, 0.3) is 0 Å². The van der Waals surface area contributed by atoms with Crippen LogP contribution in [0.3, 0.4) is 0 Å². The largest absolute Gasteiger partial charge is 0.496 e. The predicted octanol–water partition coefficient (Wildman–Crippen LogP) is 3.02. The molecule has 0 aliphatic heterocycles. The SMILES string of the molecule is COc1ccccc1CCNC1CC2CCC1C2. The molecule has 3 atom stereocenters. The Labute approximate surface area is 110 Å². The van der Waals surface area contributed by atoms with Gasteiger partial charge in [-0.3, -0.25) is 0 Å². The Morgan fingerprint density at radius 3 is 2.83 bits per heavy atom. The average molecular weight is 245 g/mol. The lowest BCUT2D eigenvalue weighted by Crippen LogP contribution is -2.35. The Morgan fingerprint density at radius 2 is 2.11 bits per heavy atom. The van der Waals surface area contributed by atoms with Gasteiger partial charge in [-0.05, 0) is 55.7 Å².